The Morgan fingerprint density at radius 2 is 1.84 bits per heavy atom. The van der Waals surface area contributed by atoms with Crippen LogP contribution in [0.15, 0.2) is 72.9 Å². The van der Waals surface area contributed by atoms with Crippen LogP contribution in [0, 0.1) is 15.9 Å². The van der Waals surface area contributed by atoms with Gasteiger partial charge < -0.3 is 4.74 Å². The molecule has 0 N–H and O–H groups in total. The summed E-state index contributed by atoms with van der Waals surface area (Å²) < 4.78 is 20.5. The van der Waals surface area contributed by atoms with Crippen molar-refractivity contribution in [1.82, 2.24) is 14.8 Å². The molecule has 2 heterocycles. The lowest BCUT2D eigenvalue weighted by molar-refractivity contribution is -0.384. The standard InChI is InChI=1S/C23H15FN4O3/c1-31-18-9-10-21-19(12-18)23-20(13-25-21)22(14-5-7-15(24)8-6-14)26-27(23)16-3-2-4-17(11-16)28(29)30/h2-13H,1H3. The van der Waals surface area contributed by atoms with Crippen molar-refractivity contribution < 1.29 is 14.1 Å². The van der Waals surface area contributed by atoms with E-state index in [0.29, 0.717) is 22.7 Å². The summed E-state index contributed by atoms with van der Waals surface area (Å²) in [7, 11) is 1.58. The molecule has 0 amide bonds. The van der Waals surface area contributed by atoms with Gasteiger partial charge in [0, 0.05) is 34.7 Å². The van der Waals surface area contributed by atoms with Crippen LogP contribution >= 0.6 is 0 Å². The SMILES string of the molecule is COc1ccc2ncc3c(-c4ccc(F)cc4)nn(-c4cccc([N+](=O)[O-])c4)c3c2c1. The van der Waals surface area contributed by atoms with Gasteiger partial charge in [0.05, 0.1) is 28.8 Å². The Kier molecular flexibility index (Phi) is 4.32. The van der Waals surface area contributed by atoms with Crippen LogP contribution in [0.5, 0.6) is 5.75 Å². The lowest BCUT2D eigenvalue weighted by atomic mass is 10.1. The van der Waals surface area contributed by atoms with Gasteiger partial charge in [-0.1, -0.05) is 6.07 Å². The number of pyridine rings is 1. The van der Waals surface area contributed by atoms with Crippen molar-refractivity contribution in [3.05, 3.63) is 88.9 Å². The van der Waals surface area contributed by atoms with Crippen LogP contribution in [0.1, 0.15) is 0 Å². The number of hydrogen-bond donors (Lipinski definition) is 0. The Labute approximate surface area is 175 Å². The average molecular weight is 414 g/mol. The van der Waals surface area contributed by atoms with Crippen LogP contribution in [-0.2, 0) is 0 Å². The number of hydrogen-bond acceptors (Lipinski definition) is 5. The fraction of sp³-hybridized carbons (Fsp3) is 0.0435. The van der Waals surface area contributed by atoms with Gasteiger partial charge in [0.1, 0.15) is 17.3 Å². The van der Waals surface area contributed by atoms with E-state index in [2.05, 4.69) is 4.98 Å². The monoisotopic (exact) mass is 414 g/mol. The van der Waals surface area contributed by atoms with Crippen LogP contribution in [0.2, 0.25) is 0 Å². The summed E-state index contributed by atoms with van der Waals surface area (Å²) in [5.74, 6) is 0.302. The Hall–Kier alpha value is -4.33. The first-order valence-electron chi connectivity index (χ1n) is 9.41. The van der Waals surface area contributed by atoms with Crippen molar-refractivity contribution in [2.45, 2.75) is 0 Å². The number of methoxy groups -OCH3 is 1. The lowest BCUT2D eigenvalue weighted by Crippen LogP contribution is -1.99. The van der Waals surface area contributed by atoms with Crippen LogP contribution in [0.4, 0.5) is 10.1 Å². The van der Waals surface area contributed by atoms with E-state index in [1.54, 1.807) is 42.3 Å². The number of halogens is 1. The van der Waals surface area contributed by atoms with E-state index in [1.807, 2.05) is 18.2 Å². The van der Waals surface area contributed by atoms with Gasteiger partial charge in [-0.25, -0.2) is 9.07 Å². The second-order valence-electron chi connectivity index (χ2n) is 6.95. The molecule has 5 aromatic rings. The minimum Gasteiger partial charge on any atom is -0.497 e. The zero-order valence-electron chi connectivity index (χ0n) is 16.3. The topological polar surface area (TPSA) is 83.1 Å². The first-order chi connectivity index (χ1) is 15.0. The molecule has 8 heteroatoms. The molecule has 152 valence electrons. The molecule has 0 aliphatic heterocycles. The maximum absolute atomic E-state index is 13.5. The van der Waals surface area contributed by atoms with Gasteiger partial charge in [0.2, 0.25) is 0 Å². The number of nitro groups is 1. The molecule has 7 nitrogen and oxygen atoms in total. The first kappa shape index (κ1) is 18.7. The van der Waals surface area contributed by atoms with E-state index < -0.39 is 4.92 Å². The molecule has 0 bridgehead atoms. The van der Waals surface area contributed by atoms with Crippen molar-refractivity contribution >= 4 is 27.5 Å². The number of aromatic nitrogens is 3. The highest BCUT2D eigenvalue weighted by atomic mass is 19.1. The molecule has 0 fully saturated rings. The predicted octanol–water partition coefficient (Wildman–Crippen LogP) is 5.30. The van der Waals surface area contributed by atoms with Crippen LogP contribution < -0.4 is 4.74 Å². The van der Waals surface area contributed by atoms with Crippen molar-refractivity contribution in [2.75, 3.05) is 7.11 Å². The second kappa shape index (κ2) is 7.17. The van der Waals surface area contributed by atoms with Crippen LogP contribution in [0.3, 0.4) is 0 Å². The van der Waals surface area contributed by atoms with Crippen molar-refractivity contribution in [3.8, 4) is 22.7 Å². The van der Waals surface area contributed by atoms with Gasteiger partial charge in [-0.2, -0.15) is 5.10 Å². The molecule has 0 atom stereocenters. The fourth-order valence-corrected chi connectivity index (χ4v) is 3.64. The Morgan fingerprint density at radius 3 is 2.58 bits per heavy atom. The largest absolute Gasteiger partial charge is 0.497 e. The van der Waals surface area contributed by atoms with Gasteiger partial charge in [0.25, 0.3) is 5.69 Å². The summed E-state index contributed by atoms with van der Waals surface area (Å²) in [6.07, 6.45) is 1.71. The van der Waals surface area contributed by atoms with Gasteiger partial charge >= 0.3 is 0 Å². The maximum Gasteiger partial charge on any atom is 0.271 e. The summed E-state index contributed by atoms with van der Waals surface area (Å²) in [6, 6.07) is 17.8. The van der Waals surface area contributed by atoms with Gasteiger partial charge in [-0.15, -0.1) is 0 Å². The fourth-order valence-electron chi connectivity index (χ4n) is 3.64. The summed E-state index contributed by atoms with van der Waals surface area (Å²) in [4.78, 5) is 15.4. The quantitative estimate of drug-likeness (QED) is 0.294. The average Bonchev–Trinajstić information content (AvgIpc) is 3.19. The third-order valence-corrected chi connectivity index (χ3v) is 5.12. The zero-order valence-corrected chi connectivity index (χ0v) is 16.3. The van der Waals surface area contributed by atoms with Crippen molar-refractivity contribution in [2.24, 2.45) is 0 Å². The minimum atomic E-state index is -0.446. The highest BCUT2D eigenvalue weighted by molar-refractivity contribution is 6.09. The van der Waals surface area contributed by atoms with E-state index >= 15 is 0 Å². The lowest BCUT2D eigenvalue weighted by Gasteiger charge is -2.07. The number of nitro benzene ring substituents is 1. The molecule has 3 aromatic carbocycles. The first-order valence-corrected chi connectivity index (χ1v) is 9.41. The summed E-state index contributed by atoms with van der Waals surface area (Å²) in [5, 5.41) is 17.6. The van der Waals surface area contributed by atoms with E-state index in [4.69, 9.17) is 9.84 Å². The molecule has 0 radical (unpaired) electrons. The number of fused-ring (bicyclic) bond motifs is 3. The second-order valence-corrected chi connectivity index (χ2v) is 6.95. The number of rotatable bonds is 4. The summed E-state index contributed by atoms with van der Waals surface area (Å²) in [5.41, 5.74) is 3.25. The number of nitrogens with zero attached hydrogens (tertiary/aromatic N) is 4. The molecule has 0 saturated carbocycles. The molecular formula is C23H15FN4O3. The van der Waals surface area contributed by atoms with Gasteiger partial charge in [-0.3, -0.25) is 15.1 Å². The van der Waals surface area contributed by atoms with Gasteiger partial charge in [-0.05, 0) is 48.5 Å². The van der Waals surface area contributed by atoms with Crippen molar-refractivity contribution in [3.63, 3.8) is 0 Å². The smallest absolute Gasteiger partial charge is 0.271 e. The third kappa shape index (κ3) is 3.14. The molecule has 0 spiro atoms. The van der Waals surface area contributed by atoms with Crippen molar-refractivity contribution in [1.29, 1.82) is 0 Å². The van der Waals surface area contributed by atoms with Crippen LogP contribution in [0.25, 0.3) is 38.8 Å². The Bertz CT molecular complexity index is 1460. The number of non-ortho nitro benzene ring substituents is 1. The van der Waals surface area contributed by atoms with E-state index in [1.165, 1.54) is 24.3 Å². The molecule has 2 aromatic heterocycles. The molecule has 0 unspecified atom stereocenters. The van der Waals surface area contributed by atoms with Crippen LogP contribution in [-0.4, -0.2) is 26.8 Å². The zero-order chi connectivity index (χ0) is 21.5. The molecular weight excluding hydrogens is 399 g/mol. The van der Waals surface area contributed by atoms with E-state index in [0.717, 1.165) is 21.8 Å². The maximum atomic E-state index is 13.5. The molecule has 5 rings (SSSR count). The molecule has 0 aliphatic carbocycles. The van der Waals surface area contributed by atoms with E-state index in [9.17, 15) is 14.5 Å². The molecule has 0 saturated heterocycles. The third-order valence-electron chi connectivity index (χ3n) is 5.12. The Balaban J connectivity index is 1.88. The number of ether oxygens (including phenoxy) is 1. The highest BCUT2D eigenvalue weighted by Crippen LogP contribution is 2.35. The minimum absolute atomic E-state index is 0.0413. The van der Waals surface area contributed by atoms with Gasteiger partial charge in [0.15, 0.2) is 0 Å². The molecule has 31 heavy (non-hydrogen) atoms. The molecule has 0 aliphatic rings. The predicted molar refractivity (Wildman–Crippen MR) is 115 cm³/mol. The normalized spacial score (nSPS) is 11.2. The highest BCUT2D eigenvalue weighted by Gasteiger charge is 2.19. The Morgan fingerprint density at radius 1 is 1.03 bits per heavy atom. The van der Waals surface area contributed by atoms with E-state index in [-0.39, 0.29) is 11.5 Å². The summed E-state index contributed by atoms with van der Waals surface area (Å²) >= 11 is 0. The summed E-state index contributed by atoms with van der Waals surface area (Å²) in [6.45, 7) is 0. The number of benzene rings is 3.